The number of fused-ring (bicyclic) bond motifs is 1. The lowest BCUT2D eigenvalue weighted by Gasteiger charge is -2.27. The molecular formula is C17H17N5OS. The Labute approximate surface area is 143 Å². The van der Waals surface area contributed by atoms with E-state index in [9.17, 15) is 4.79 Å². The summed E-state index contributed by atoms with van der Waals surface area (Å²) in [6.07, 6.45) is 5.51. The van der Waals surface area contributed by atoms with E-state index in [1.54, 1.807) is 23.7 Å². The van der Waals surface area contributed by atoms with Crippen molar-refractivity contribution >= 4 is 11.3 Å². The molecule has 0 bridgehead atoms. The average Bonchev–Trinajstić information content (AvgIpc) is 3.00. The van der Waals surface area contributed by atoms with Gasteiger partial charge in [0.2, 0.25) is 0 Å². The summed E-state index contributed by atoms with van der Waals surface area (Å²) in [6.45, 7) is 4.58. The second-order valence-corrected chi connectivity index (χ2v) is 7.01. The molecule has 1 N–H and O–H groups in total. The van der Waals surface area contributed by atoms with E-state index >= 15 is 0 Å². The number of hydrogen-bond acceptors (Lipinski definition) is 6. The van der Waals surface area contributed by atoms with E-state index in [0.717, 1.165) is 36.3 Å². The second-order valence-electron chi connectivity index (χ2n) is 6.02. The first kappa shape index (κ1) is 15.2. The lowest BCUT2D eigenvalue weighted by molar-refractivity contribution is 0.242. The third-order valence-corrected chi connectivity index (χ3v) is 5.19. The van der Waals surface area contributed by atoms with Crippen molar-refractivity contribution in [3.05, 3.63) is 62.2 Å². The first-order chi connectivity index (χ1) is 11.7. The van der Waals surface area contributed by atoms with Crippen LogP contribution in [0.5, 0.6) is 0 Å². The van der Waals surface area contributed by atoms with Crippen molar-refractivity contribution in [2.45, 2.75) is 26.4 Å². The molecule has 122 valence electrons. The van der Waals surface area contributed by atoms with Crippen LogP contribution in [-0.4, -0.2) is 31.4 Å². The van der Waals surface area contributed by atoms with Gasteiger partial charge in [0.1, 0.15) is 12.2 Å². The SMILES string of the molecule is Cc1csc(CN2CCc3c(nc(-c4cncnc4)[nH]c3=O)C2)c1. The molecule has 1 aliphatic rings. The molecule has 0 unspecified atom stereocenters. The van der Waals surface area contributed by atoms with Crippen LogP contribution in [0, 0.1) is 6.92 Å². The van der Waals surface area contributed by atoms with Crippen molar-refractivity contribution in [3.8, 4) is 11.4 Å². The van der Waals surface area contributed by atoms with Crippen LogP contribution in [0.15, 0.2) is 35.0 Å². The summed E-state index contributed by atoms with van der Waals surface area (Å²) in [4.78, 5) is 31.6. The van der Waals surface area contributed by atoms with Crippen LogP contribution in [0.2, 0.25) is 0 Å². The van der Waals surface area contributed by atoms with E-state index in [1.807, 2.05) is 0 Å². The van der Waals surface area contributed by atoms with Crippen LogP contribution < -0.4 is 5.56 Å². The lowest BCUT2D eigenvalue weighted by atomic mass is 10.1. The van der Waals surface area contributed by atoms with Crippen LogP contribution in [-0.2, 0) is 19.5 Å². The van der Waals surface area contributed by atoms with Crippen LogP contribution in [0.1, 0.15) is 21.7 Å². The average molecular weight is 339 g/mol. The molecule has 0 amide bonds. The fourth-order valence-electron chi connectivity index (χ4n) is 2.98. The molecule has 0 spiro atoms. The molecule has 4 heterocycles. The normalized spacial score (nSPS) is 14.5. The highest BCUT2D eigenvalue weighted by atomic mass is 32.1. The topological polar surface area (TPSA) is 74.8 Å². The summed E-state index contributed by atoms with van der Waals surface area (Å²) in [5, 5.41) is 2.17. The zero-order chi connectivity index (χ0) is 16.5. The van der Waals surface area contributed by atoms with Gasteiger partial charge in [0.25, 0.3) is 5.56 Å². The molecule has 0 aromatic carbocycles. The molecule has 0 saturated carbocycles. The number of nitrogens with one attached hydrogen (secondary N) is 1. The summed E-state index contributed by atoms with van der Waals surface area (Å²) < 4.78 is 0. The molecule has 0 radical (unpaired) electrons. The van der Waals surface area contributed by atoms with Crippen LogP contribution in [0.4, 0.5) is 0 Å². The van der Waals surface area contributed by atoms with E-state index in [-0.39, 0.29) is 5.56 Å². The maximum absolute atomic E-state index is 12.4. The first-order valence-corrected chi connectivity index (χ1v) is 8.71. The van der Waals surface area contributed by atoms with E-state index < -0.39 is 0 Å². The minimum absolute atomic E-state index is 0.0505. The van der Waals surface area contributed by atoms with E-state index in [0.29, 0.717) is 12.4 Å². The zero-order valence-electron chi connectivity index (χ0n) is 13.3. The molecule has 6 nitrogen and oxygen atoms in total. The molecule has 3 aromatic heterocycles. The maximum Gasteiger partial charge on any atom is 0.254 e. The van der Waals surface area contributed by atoms with Crippen LogP contribution >= 0.6 is 11.3 Å². The minimum Gasteiger partial charge on any atom is -0.306 e. The summed E-state index contributed by atoms with van der Waals surface area (Å²) >= 11 is 1.78. The van der Waals surface area contributed by atoms with E-state index in [1.165, 1.54) is 16.8 Å². The molecule has 7 heteroatoms. The fraction of sp³-hybridized carbons (Fsp3) is 0.294. The Bertz CT molecular complexity index is 918. The van der Waals surface area contributed by atoms with E-state index in [2.05, 4.69) is 43.2 Å². The number of H-pyrrole nitrogens is 1. The van der Waals surface area contributed by atoms with Gasteiger partial charge in [0, 0.05) is 42.5 Å². The van der Waals surface area contributed by atoms with Gasteiger partial charge in [0.15, 0.2) is 0 Å². The molecule has 0 aliphatic carbocycles. The van der Waals surface area contributed by atoms with Crippen molar-refractivity contribution < 1.29 is 0 Å². The second kappa shape index (κ2) is 6.26. The summed E-state index contributed by atoms with van der Waals surface area (Å²) in [6, 6.07) is 2.22. The zero-order valence-corrected chi connectivity index (χ0v) is 14.1. The summed E-state index contributed by atoms with van der Waals surface area (Å²) in [5.41, 5.74) is 3.63. The van der Waals surface area contributed by atoms with Crippen LogP contribution in [0.25, 0.3) is 11.4 Å². The van der Waals surface area contributed by atoms with E-state index in [4.69, 9.17) is 0 Å². The van der Waals surface area contributed by atoms with Gasteiger partial charge in [-0.05, 0) is 30.4 Å². The Hall–Kier alpha value is -2.38. The number of thiophene rings is 1. The highest BCUT2D eigenvalue weighted by Gasteiger charge is 2.21. The number of hydrogen-bond donors (Lipinski definition) is 1. The Morgan fingerprint density at radius 1 is 1.33 bits per heavy atom. The number of aromatic nitrogens is 4. The fourth-order valence-corrected chi connectivity index (χ4v) is 3.90. The monoisotopic (exact) mass is 339 g/mol. The van der Waals surface area contributed by atoms with Gasteiger partial charge in [-0.25, -0.2) is 15.0 Å². The Morgan fingerprint density at radius 3 is 2.92 bits per heavy atom. The van der Waals surface area contributed by atoms with Gasteiger partial charge in [0.05, 0.1) is 11.3 Å². The van der Waals surface area contributed by atoms with Crippen molar-refractivity contribution in [2.24, 2.45) is 0 Å². The molecule has 4 rings (SSSR count). The molecule has 3 aromatic rings. The predicted molar refractivity (Wildman–Crippen MR) is 92.8 cm³/mol. The van der Waals surface area contributed by atoms with Gasteiger partial charge in [-0.3, -0.25) is 9.69 Å². The third-order valence-electron chi connectivity index (χ3n) is 4.15. The largest absolute Gasteiger partial charge is 0.306 e. The van der Waals surface area contributed by atoms with Crippen molar-refractivity contribution in [3.63, 3.8) is 0 Å². The number of rotatable bonds is 3. The predicted octanol–water partition coefficient (Wildman–Crippen LogP) is 2.16. The molecule has 0 saturated heterocycles. The Morgan fingerprint density at radius 2 is 2.17 bits per heavy atom. The van der Waals surface area contributed by atoms with Gasteiger partial charge in [-0.15, -0.1) is 11.3 Å². The molecule has 0 fully saturated rings. The minimum atomic E-state index is -0.0505. The number of aryl methyl sites for hydroxylation is 1. The first-order valence-electron chi connectivity index (χ1n) is 7.83. The van der Waals surface area contributed by atoms with Crippen molar-refractivity contribution in [1.82, 2.24) is 24.8 Å². The quantitative estimate of drug-likeness (QED) is 0.791. The summed E-state index contributed by atoms with van der Waals surface area (Å²) in [5.74, 6) is 0.535. The molecule has 1 aliphatic heterocycles. The highest BCUT2D eigenvalue weighted by Crippen LogP contribution is 2.21. The molecule has 24 heavy (non-hydrogen) atoms. The van der Waals surface area contributed by atoms with Crippen molar-refractivity contribution in [2.75, 3.05) is 6.54 Å². The Kier molecular flexibility index (Phi) is 3.95. The van der Waals surface area contributed by atoms with Gasteiger partial charge in [-0.2, -0.15) is 0 Å². The molecule has 0 atom stereocenters. The van der Waals surface area contributed by atoms with Gasteiger partial charge >= 0.3 is 0 Å². The number of nitrogens with zero attached hydrogens (tertiary/aromatic N) is 4. The lowest BCUT2D eigenvalue weighted by Crippen LogP contribution is -2.34. The Balaban J connectivity index is 1.62. The smallest absolute Gasteiger partial charge is 0.254 e. The van der Waals surface area contributed by atoms with Gasteiger partial charge < -0.3 is 4.98 Å². The number of aromatic amines is 1. The highest BCUT2D eigenvalue weighted by molar-refractivity contribution is 7.10. The van der Waals surface area contributed by atoms with Gasteiger partial charge in [-0.1, -0.05) is 0 Å². The van der Waals surface area contributed by atoms with Crippen molar-refractivity contribution in [1.29, 1.82) is 0 Å². The van der Waals surface area contributed by atoms with Crippen LogP contribution in [0.3, 0.4) is 0 Å². The molecular weight excluding hydrogens is 322 g/mol. The maximum atomic E-state index is 12.4. The summed E-state index contributed by atoms with van der Waals surface area (Å²) in [7, 11) is 0. The third kappa shape index (κ3) is 3.00. The standard InChI is InChI=1S/C17H17N5OS/c1-11-4-13(24-9-11)7-22-3-2-14-15(8-22)20-16(21-17(14)23)12-5-18-10-19-6-12/h4-6,9-10H,2-3,7-8H2,1H3,(H,20,21,23).